The number of ether oxygens (including phenoxy) is 2. The number of H-pyrrole nitrogens is 1. The minimum Gasteiger partial charge on any atom is -0.460 e. The smallest absolute Gasteiger partial charge is 0.223 e. The Balaban J connectivity index is 1.95. The van der Waals surface area contributed by atoms with Crippen molar-refractivity contribution in [1.82, 2.24) is 10.3 Å². The van der Waals surface area contributed by atoms with Gasteiger partial charge in [0.25, 0.3) is 0 Å². The summed E-state index contributed by atoms with van der Waals surface area (Å²) in [5.74, 6) is -0.0902. The van der Waals surface area contributed by atoms with Gasteiger partial charge in [-0.25, -0.2) is 0 Å². The zero-order valence-electron chi connectivity index (χ0n) is 13.6. The number of aromatic nitrogens is 1. The molecule has 1 aliphatic rings. The largest absolute Gasteiger partial charge is 0.460 e. The topological polar surface area (TPSA) is 124 Å². The molecule has 1 fully saturated rings. The van der Waals surface area contributed by atoms with E-state index in [0.717, 1.165) is 5.52 Å². The van der Waals surface area contributed by atoms with E-state index in [1.54, 1.807) is 18.3 Å². The lowest BCUT2D eigenvalue weighted by Crippen LogP contribution is -2.65. The minimum atomic E-state index is -1.39. The summed E-state index contributed by atoms with van der Waals surface area (Å²) in [5.41, 5.74) is 0.722. The molecular formula is C16H18BrClN2O6. The van der Waals surface area contributed by atoms with E-state index in [1.165, 1.54) is 6.92 Å². The molecule has 8 nitrogen and oxygen atoms in total. The maximum Gasteiger partial charge on any atom is 0.223 e. The van der Waals surface area contributed by atoms with Crippen molar-refractivity contribution < 1.29 is 29.6 Å². The van der Waals surface area contributed by atoms with Crippen LogP contribution in [0, 0.1) is 0 Å². The monoisotopic (exact) mass is 448 g/mol. The number of carbonyl (C=O) groups is 1. The first-order valence-corrected chi connectivity index (χ1v) is 9.02. The number of fused-ring (bicyclic) bond motifs is 1. The van der Waals surface area contributed by atoms with Crippen LogP contribution in [0.3, 0.4) is 0 Å². The van der Waals surface area contributed by atoms with E-state index < -0.39 is 43.2 Å². The highest BCUT2D eigenvalue weighted by molar-refractivity contribution is 9.10. The zero-order valence-corrected chi connectivity index (χ0v) is 16.0. The number of hydrogen-bond acceptors (Lipinski definition) is 6. The predicted molar refractivity (Wildman–Crippen MR) is 97.0 cm³/mol. The van der Waals surface area contributed by atoms with Gasteiger partial charge in [-0.3, -0.25) is 4.79 Å². The molecule has 1 saturated heterocycles. The van der Waals surface area contributed by atoms with Crippen LogP contribution in [0.4, 0.5) is 0 Å². The predicted octanol–water partition coefficient (Wildman–Crippen LogP) is 0.906. The van der Waals surface area contributed by atoms with Gasteiger partial charge in [-0.1, -0.05) is 11.6 Å². The van der Waals surface area contributed by atoms with E-state index in [0.29, 0.717) is 20.6 Å². The van der Waals surface area contributed by atoms with Gasteiger partial charge in [0.1, 0.15) is 30.1 Å². The minimum absolute atomic E-state index is 0.340. The van der Waals surface area contributed by atoms with Crippen molar-refractivity contribution in [2.75, 3.05) is 6.61 Å². The Morgan fingerprint density at radius 3 is 2.81 bits per heavy atom. The van der Waals surface area contributed by atoms with Crippen LogP contribution in [0.1, 0.15) is 6.92 Å². The first-order valence-electron chi connectivity index (χ1n) is 7.84. The van der Waals surface area contributed by atoms with Gasteiger partial charge in [-0.15, -0.1) is 0 Å². The van der Waals surface area contributed by atoms with Crippen molar-refractivity contribution >= 4 is 44.3 Å². The van der Waals surface area contributed by atoms with Crippen LogP contribution in [0.15, 0.2) is 22.8 Å². The third kappa shape index (κ3) is 3.55. The number of rotatable bonds is 4. The van der Waals surface area contributed by atoms with Crippen molar-refractivity contribution in [3.8, 4) is 5.75 Å². The van der Waals surface area contributed by atoms with E-state index in [1.807, 2.05) is 0 Å². The number of aromatic amines is 1. The molecule has 0 spiro atoms. The highest BCUT2D eigenvalue weighted by atomic mass is 79.9. The van der Waals surface area contributed by atoms with E-state index >= 15 is 0 Å². The zero-order chi connectivity index (χ0) is 19.0. The van der Waals surface area contributed by atoms with E-state index in [-0.39, 0.29) is 0 Å². The summed E-state index contributed by atoms with van der Waals surface area (Å²) in [6, 6.07) is 2.55. The lowest BCUT2D eigenvalue weighted by atomic mass is 9.97. The third-order valence-corrected chi connectivity index (χ3v) is 5.48. The molecule has 1 amide bonds. The van der Waals surface area contributed by atoms with Crippen LogP contribution in [0.5, 0.6) is 5.75 Å². The maximum atomic E-state index is 11.5. The lowest BCUT2D eigenvalue weighted by molar-refractivity contribution is -0.244. The molecule has 5 N–H and O–H groups in total. The summed E-state index contributed by atoms with van der Waals surface area (Å²) in [7, 11) is 0. The van der Waals surface area contributed by atoms with Gasteiger partial charge in [-0.05, 0) is 28.1 Å². The molecule has 0 radical (unpaired) electrons. The summed E-state index contributed by atoms with van der Waals surface area (Å²) in [4.78, 5) is 14.5. The second-order valence-electron chi connectivity index (χ2n) is 5.99. The number of benzene rings is 1. The molecule has 2 heterocycles. The Hall–Kier alpha value is -1.36. The Kier molecular flexibility index (Phi) is 5.75. The van der Waals surface area contributed by atoms with Crippen molar-refractivity contribution in [2.45, 2.75) is 37.6 Å². The molecule has 2 aromatic rings. The second-order valence-corrected chi connectivity index (χ2v) is 7.22. The molecule has 3 rings (SSSR count). The Morgan fingerprint density at radius 1 is 1.42 bits per heavy atom. The Morgan fingerprint density at radius 2 is 2.15 bits per heavy atom. The number of amides is 1. The average molecular weight is 450 g/mol. The van der Waals surface area contributed by atoms with Crippen molar-refractivity contribution in [1.29, 1.82) is 0 Å². The molecular weight excluding hydrogens is 432 g/mol. The standard InChI is InChI=1S/C16H18BrClN2O6/c1-6(22)20-13-15(24)14(23)10(5-21)26-16(13)25-9-4-19-8-3-2-7(17)12(18)11(8)9/h2-4,10,13-16,19,21,23-24H,5H2,1H3,(H,20,22)/t10?,13?,14-,15-,16+/m0/s1. The van der Waals surface area contributed by atoms with Crippen LogP contribution >= 0.6 is 27.5 Å². The van der Waals surface area contributed by atoms with Crippen LogP contribution in [0.25, 0.3) is 10.9 Å². The Bertz CT molecular complexity index is 815. The molecule has 0 aliphatic carbocycles. The normalized spacial score (nSPS) is 28.9. The fraction of sp³-hybridized carbons (Fsp3) is 0.438. The van der Waals surface area contributed by atoms with Gasteiger partial charge < -0.3 is 35.1 Å². The van der Waals surface area contributed by atoms with E-state index in [4.69, 9.17) is 21.1 Å². The highest BCUT2D eigenvalue weighted by Gasteiger charge is 2.46. The summed E-state index contributed by atoms with van der Waals surface area (Å²) in [6.45, 7) is 0.749. The molecule has 1 aromatic heterocycles. The number of aliphatic hydroxyl groups is 3. The average Bonchev–Trinajstić information content (AvgIpc) is 3.01. The first kappa shape index (κ1) is 19.4. The van der Waals surface area contributed by atoms with Gasteiger partial charge in [0, 0.05) is 17.6 Å². The van der Waals surface area contributed by atoms with Crippen LogP contribution in [0.2, 0.25) is 5.02 Å². The molecule has 142 valence electrons. The quantitative estimate of drug-likeness (QED) is 0.473. The van der Waals surface area contributed by atoms with Gasteiger partial charge in [0.15, 0.2) is 0 Å². The molecule has 0 saturated carbocycles. The van der Waals surface area contributed by atoms with Crippen LogP contribution < -0.4 is 10.1 Å². The summed E-state index contributed by atoms with van der Waals surface area (Å²) in [6.07, 6.45) is -3.40. The SMILES string of the molecule is CC(=O)NC1[C@H](Oc2c[nH]c3ccc(Br)c(Cl)c23)OC(CO)[C@H](O)[C@H]1O. The molecule has 10 heteroatoms. The lowest BCUT2D eigenvalue weighted by Gasteiger charge is -2.41. The molecule has 0 bridgehead atoms. The van der Waals surface area contributed by atoms with Crippen molar-refractivity contribution in [3.63, 3.8) is 0 Å². The number of nitrogens with one attached hydrogen (secondary N) is 2. The van der Waals surface area contributed by atoms with Crippen LogP contribution in [-0.2, 0) is 9.53 Å². The summed E-state index contributed by atoms with van der Waals surface area (Å²) < 4.78 is 12.1. The fourth-order valence-electron chi connectivity index (χ4n) is 2.92. The van der Waals surface area contributed by atoms with Crippen LogP contribution in [-0.4, -0.2) is 63.5 Å². The number of aliphatic hydroxyl groups excluding tert-OH is 3. The molecule has 26 heavy (non-hydrogen) atoms. The van der Waals surface area contributed by atoms with Gasteiger partial charge in [0.05, 0.1) is 22.5 Å². The molecule has 1 aliphatic heterocycles. The Labute approximate surface area is 162 Å². The number of halogens is 2. The van der Waals surface area contributed by atoms with Crippen molar-refractivity contribution in [2.24, 2.45) is 0 Å². The highest BCUT2D eigenvalue weighted by Crippen LogP contribution is 2.38. The maximum absolute atomic E-state index is 11.5. The fourth-order valence-corrected chi connectivity index (χ4v) is 3.50. The number of carbonyl (C=O) groups excluding carboxylic acids is 1. The summed E-state index contributed by atoms with van der Waals surface area (Å²) >= 11 is 9.68. The first-order chi connectivity index (χ1) is 12.3. The van der Waals surface area contributed by atoms with Gasteiger partial charge >= 0.3 is 0 Å². The molecule has 2 unspecified atom stereocenters. The number of hydrogen-bond donors (Lipinski definition) is 5. The third-order valence-electron chi connectivity index (χ3n) is 4.19. The molecule has 1 aromatic carbocycles. The molecule has 5 atom stereocenters. The van der Waals surface area contributed by atoms with Crippen molar-refractivity contribution in [3.05, 3.63) is 27.8 Å². The van der Waals surface area contributed by atoms with E-state index in [9.17, 15) is 20.1 Å². The summed E-state index contributed by atoms with van der Waals surface area (Å²) in [5, 5.41) is 33.3. The second kappa shape index (κ2) is 7.71. The van der Waals surface area contributed by atoms with Gasteiger partial charge in [0.2, 0.25) is 12.2 Å². The van der Waals surface area contributed by atoms with E-state index in [2.05, 4.69) is 26.2 Å². The van der Waals surface area contributed by atoms with Gasteiger partial charge in [-0.2, -0.15) is 0 Å².